The second kappa shape index (κ2) is 11.7. The van der Waals surface area contributed by atoms with Crippen LogP contribution in [0.15, 0.2) is 57.4 Å². The van der Waals surface area contributed by atoms with E-state index >= 15 is 0 Å². The van der Waals surface area contributed by atoms with Crippen LogP contribution in [0, 0.1) is 0 Å². The molecule has 8 nitrogen and oxygen atoms in total. The molecule has 0 saturated heterocycles. The Balaban J connectivity index is 1.64. The predicted octanol–water partition coefficient (Wildman–Crippen LogP) is 7.96. The molecule has 0 spiro atoms. The average molecular weight is 567 g/mol. The molecular weight excluding hydrogens is 536 g/mol. The van der Waals surface area contributed by atoms with Crippen molar-refractivity contribution in [1.29, 1.82) is 0 Å². The average Bonchev–Trinajstić information content (AvgIpc) is 3.54. The van der Waals surface area contributed by atoms with E-state index in [4.69, 9.17) is 27.8 Å². The van der Waals surface area contributed by atoms with Crippen LogP contribution in [0.4, 0.5) is 0 Å². The Morgan fingerprint density at radius 3 is 1.31 bits per heavy atom. The van der Waals surface area contributed by atoms with E-state index < -0.39 is 0 Å². The molecule has 2 aromatic heterocycles. The van der Waals surface area contributed by atoms with E-state index in [-0.39, 0.29) is 23.1 Å². The van der Waals surface area contributed by atoms with Crippen LogP contribution in [0.5, 0.6) is 23.0 Å². The van der Waals surface area contributed by atoms with Gasteiger partial charge in [-0.1, -0.05) is 24.3 Å². The molecule has 0 aliphatic heterocycles. The Kier molecular flexibility index (Phi) is 7.88. The highest BCUT2D eigenvalue weighted by molar-refractivity contribution is 6.11. The van der Waals surface area contributed by atoms with Gasteiger partial charge in [0.2, 0.25) is 0 Å². The van der Waals surface area contributed by atoms with E-state index in [1.165, 1.54) is 13.8 Å². The molecule has 214 valence electrons. The normalized spacial score (nSPS) is 11.6. The topological polar surface area (TPSA) is 97.3 Å². The SMILES string of the molecule is COc1ccc(/C=C/c2c(C(C)=O)oc3cc4oc(C(C)=O)c(/C=C/c5ccc(OC)c(OC)c5)c4cc23)cc1OC. The number of furan rings is 2. The van der Waals surface area contributed by atoms with Gasteiger partial charge >= 0.3 is 0 Å². The Morgan fingerprint density at radius 1 is 0.548 bits per heavy atom. The molecule has 0 saturated carbocycles. The molecule has 0 radical (unpaired) electrons. The second-order valence-electron chi connectivity index (χ2n) is 9.54. The van der Waals surface area contributed by atoms with E-state index in [0.717, 1.165) is 11.1 Å². The molecule has 0 atom stereocenters. The summed E-state index contributed by atoms with van der Waals surface area (Å²) in [6.07, 6.45) is 7.41. The van der Waals surface area contributed by atoms with E-state index in [1.807, 2.05) is 66.8 Å². The van der Waals surface area contributed by atoms with Gasteiger partial charge in [0, 0.05) is 41.8 Å². The predicted molar refractivity (Wildman–Crippen MR) is 163 cm³/mol. The maximum Gasteiger partial charge on any atom is 0.195 e. The zero-order valence-electron chi connectivity index (χ0n) is 24.2. The highest BCUT2D eigenvalue weighted by atomic mass is 16.5. The van der Waals surface area contributed by atoms with Crippen molar-refractivity contribution >= 4 is 57.8 Å². The molecule has 3 aromatic carbocycles. The minimum atomic E-state index is -0.215. The first-order valence-electron chi connectivity index (χ1n) is 13.1. The van der Waals surface area contributed by atoms with E-state index in [1.54, 1.807) is 34.5 Å². The molecule has 2 heterocycles. The van der Waals surface area contributed by atoms with Crippen molar-refractivity contribution in [2.24, 2.45) is 0 Å². The van der Waals surface area contributed by atoms with Gasteiger partial charge in [0.1, 0.15) is 11.2 Å². The number of carbonyl (C=O) groups excluding carboxylic acids is 2. The van der Waals surface area contributed by atoms with E-state index in [0.29, 0.717) is 56.1 Å². The quantitative estimate of drug-likeness (QED) is 0.157. The van der Waals surface area contributed by atoms with Crippen molar-refractivity contribution in [3.8, 4) is 23.0 Å². The summed E-state index contributed by atoms with van der Waals surface area (Å²) in [5, 5.41) is 1.42. The largest absolute Gasteiger partial charge is 0.493 e. The van der Waals surface area contributed by atoms with Crippen molar-refractivity contribution < 1.29 is 37.4 Å². The maximum atomic E-state index is 12.6. The number of hydrogen-bond donors (Lipinski definition) is 0. The third-order valence-corrected chi connectivity index (χ3v) is 6.92. The molecular formula is C34H30O8. The van der Waals surface area contributed by atoms with Crippen LogP contribution in [0.3, 0.4) is 0 Å². The maximum absolute atomic E-state index is 12.6. The van der Waals surface area contributed by atoms with Gasteiger partial charge < -0.3 is 27.8 Å². The van der Waals surface area contributed by atoms with Crippen LogP contribution in [-0.4, -0.2) is 40.0 Å². The van der Waals surface area contributed by atoms with Crippen LogP contribution in [-0.2, 0) is 0 Å². The molecule has 0 aliphatic rings. The molecule has 0 aliphatic carbocycles. The van der Waals surface area contributed by atoms with Crippen molar-refractivity contribution in [2.45, 2.75) is 13.8 Å². The van der Waals surface area contributed by atoms with Gasteiger partial charge in [0.05, 0.1) is 28.4 Å². The van der Waals surface area contributed by atoms with Crippen LogP contribution in [0.1, 0.15) is 57.2 Å². The van der Waals surface area contributed by atoms with E-state index in [9.17, 15) is 9.59 Å². The molecule has 0 fully saturated rings. The summed E-state index contributed by atoms with van der Waals surface area (Å²) in [6.45, 7) is 2.92. The van der Waals surface area contributed by atoms with Crippen molar-refractivity contribution in [2.75, 3.05) is 28.4 Å². The highest BCUT2D eigenvalue weighted by Crippen LogP contribution is 2.37. The fraction of sp³-hybridized carbons (Fsp3) is 0.176. The number of benzene rings is 3. The second-order valence-corrected chi connectivity index (χ2v) is 9.54. The van der Waals surface area contributed by atoms with Gasteiger partial charge in [-0.05, 0) is 53.6 Å². The number of Topliss-reactive ketones (excluding diaryl/α,β-unsaturated/α-hetero) is 2. The van der Waals surface area contributed by atoms with Crippen LogP contribution >= 0.6 is 0 Å². The number of ether oxygens (including phenoxy) is 4. The lowest BCUT2D eigenvalue weighted by molar-refractivity contribution is 0.0982. The third kappa shape index (κ3) is 5.26. The Morgan fingerprint density at radius 2 is 0.952 bits per heavy atom. The number of ketones is 2. The summed E-state index contributed by atoms with van der Waals surface area (Å²) in [7, 11) is 6.31. The Bertz CT molecular complexity index is 1750. The third-order valence-electron chi connectivity index (χ3n) is 6.92. The highest BCUT2D eigenvalue weighted by Gasteiger charge is 2.21. The Hall–Kier alpha value is -5.24. The van der Waals surface area contributed by atoms with Gasteiger partial charge in [-0.3, -0.25) is 9.59 Å². The monoisotopic (exact) mass is 566 g/mol. The summed E-state index contributed by atoms with van der Waals surface area (Å²) in [5.74, 6) is 2.43. The molecule has 0 bridgehead atoms. The molecule has 5 rings (SSSR count). The minimum absolute atomic E-state index is 0.215. The van der Waals surface area contributed by atoms with Crippen molar-refractivity contribution in [1.82, 2.24) is 0 Å². The number of carbonyl (C=O) groups is 2. The summed E-state index contributed by atoms with van der Waals surface area (Å²) < 4.78 is 33.5. The van der Waals surface area contributed by atoms with E-state index in [2.05, 4.69) is 0 Å². The lowest BCUT2D eigenvalue weighted by Crippen LogP contribution is -1.92. The number of hydrogen-bond acceptors (Lipinski definition) is 8. The van der Waals surface area contributed by atoms with Crippen molar-refractivity contribution in [3.63, 3.8) is 0 Å². The lowest BCUT2D eigenvalue weighted by atomic mass is 10.0. The number of fused-ring (bicyclic) bond motifs is 2. The standard InChI is InChI=1S/C34H30O8/c1-19(35)33-23(11-7-21-9-13-27(37-3)31(15-21)39-5)25-17-26-24(34(20(2)36)42-30(26)18-29(25)41-33)12-8-22-10-14-28(38-4)32(16-22)40-6/h7-18H,1-6H3/b11-7+,12-8+. The van der Waals surface area contributed by atoms with Crippen LogP contribution < -0.4 is 18.9 Å². The zero-order valence-corrected chi connectivity index (χ0v) is 24.2. The first-order valence-corrected chi connectivity index (χ1v) is 13.1. The van der Waals surface area contributed by atoms with Crippen LogP contribution in [0.2, 0.25) is 0 Å². The fourth-order valence-electron chi connectivity index (χ4n) is 4.85. The van der Waals surface area contributed by atoms with Gasteiger partial charge in [-0.2, -0.15) is 0 Å². The molecule has 0 N–H and O–H groups in total. The summed E-state index contributed by atoms with van der Waals surface area (Å²) in [4.78, 5) is 25.1. The molecule has 42 heavy (non-hydrogen) atoms. The smallest absolute Gasteiger partial charge is 0.195 e. The summed E-state index contributed by atoms with van der Waals surface area (Å²) >= 11 is 0. The van der Waals surface area contributed by atoms with Gasteiger partial charge in [0.15, 0.2) is 46.1 Å². The minimum Gasteiger partial charge on any atom is -0.493 e. The molecule has 0 amide bonds. The van der Waals surface area contributed by atoms with Gasteiger partial charge in [-0.15, -0.1) is 0 Å². The zero-order chi connectivity index (χ0) is 30.0. The van der Waals surface area contributed by atoms with Crippen LogP contribution in [0.25, 0.3) is 46.2 Å². The van der Waals surface area contributed by atoms with Gasteiger partial charge in [0.25, 0.3) is 0 Å². The number of rotatable bonds is 10. The summed E-state index contributed by atoms with van der Waals surface area (Å²) in [6, 6.07) is 14.7. The van der Waals surface area contributed by atoms with Gasteiger partial charge in [-0.25, -0.2) is 0 Å². The van der Waals surface area contributed by atoms with Crippen molar-refractivity contribution in [3.05, 3.63) is 82.3 Å². The Labute approximate surface area is 242 Å². The first kappa shape index (κ1) is 28.3. The number of methoxy groups -OCH3 is 4. The fourth-order valence-corrected chi connectivity index (χ4v) is 4.85. The lowest BCUT2D eigenvalue weighted by Gasteiger charge is -2.07. The summed E-state index contributed by atoms with van der Waals surface area (Å²) in [5.41, 5.74) is 3.87. The molecule has 5 aromatic rings. The molecule has 0 unspecified atom stereocenters. The first-order chi connectivity index (χ1) is 20.3. The molecule has 8 heteroatoms.